The Labute approximate surface area is 155 Å². The molecule has 2 heterocycles. The van der Waals surface area contributed by atoms with Gasteiger partial charge in [0.1, 0.15) is 4.88 Å². The van der Waals surface area contributed by atoms with Gasteiger partial charge in [0.2, 0.25) is 10.4 Å². The van der Waals surface area contributed by atoms with Crippen LogP contribution in [-0.4, -0.2) is 16.3 Å². The van der Waals surface area contributed by atoms with Gasteiger partial charge >= 0.3 is 6.18 Å². The van der Waals surface area contributed by atoms with E-state index in [0.29, 0.717) is 12.6 Å². The fraction of sp³-hybridized carbons (Fsp3) is 0.250. The third-order valence-corrected chi connectivity index (χ3v) is 4.44. The van der Waals surface area contributed by atoms with Gasteiger partial charge in [-0.3, -0.25) is 4.52 Å². The van der Waals surface area contributed by atoms with Crippen molar-refractivity contribution in [1.82, 2.24) is 10.3 Å². The summed E-state index contributed by atoms with van der Waals surface area (Å²) in [5, 5.41) is 17.7. The molecular weight excluding hydrogens is 383 g/mol. The van der Waals surface area contributed by atoms with Crippen molar-refractivity contribution in [2.45, 2.75) is 25.6 Å². The van der Waals surface area contributed by atoms with Crippen molar-refractivity contribution in [2.75, 3.05) is 5.32 Å². The molecule has 11 heteroatoms. The summed E-state index contributed by atoms with van der Waals surface area (Å²) in [5.74, 6) is 0.0243. The highest BCUT2D eigenvalue weighted by Gasteiger charge is 2.33. The molecule has 1 aromatic carbocycles. The van der Waals surface area contributed by atoms with Gasteiger partial charge in [-0.25, -0.2) is 9.98 Å². The van der Waals surface area contributed by atoms with Gasteiger partial charge in [-0.1, -0.05) is 41.7 Å². The molecule has 0 fully saturated rings. The molecule has 0 aliphatic heterocycles. The molecule has 7 nitrogen and oxygen atoms in total. The van der Waals surface area contributed by atoms with Crippen LogP contribution in [0.3, 0.4) is 0 Å². The van der Waals surface area contributed by atoms with E-state index in [1.54, 1.807) is 0 Å². The van der Waals surface area contributed by atoms with Crippen LogP contribution in [0.4, 0.5) is 24.2 Å². The first kappa shape index (κ1) is 18.8. The number of hydrogen-bond acceptors (Lipinski definition) is 6. The zero-order chi connectivity index (χ0) is 19.4. The highest BCUT2D eigenvalue weighted by atomic mass is 32.1. The second kappa shape index (κ2) is 7.74. The Bertz CT molecular complexity index is 924. The SMILES string of the molecule is CC(Cc1ccccc1)[n+]1cc(NC([O-])=Nc2ncc(C(F)(F)F)s2)on1. The van der Waals surface area contributed by atoms with E-state index < -0.39 is 17.1 Å². The van der Waals surface area contributed by atoms with Gasteiger partial charge in [0.25, 0.3) is 12.1 Å². The lowest BCUT2D eigenvalue weighted by molar-refractivity contribution is -0.782. The number of benzene rings is 1. The highest BCUT2D eigenvalue weighted by molar-refractivity contribution is 7.15. The van der Waals surface area contributed by atoms with Crippen LogP contribution in [0, 0.1) is 0 Å². The van der Waals surface area contributed by atoms with E-state index in [1.807, 2.05) is 37.3 Å². The number of aromatic nitrogens is 3. The topological polar surface area (TPSA) is 90.2 Å². The van der Waals surface area contributed by atoms with Crippen LogP contribution >= 0.6 is 11.3 Å². The summed E-state index contributed by atoms with van der Waals surface area (Å²) < 4.78 is 44.1. The number of hydrogen-bond donors (Lipinski definition) is 1. The van der Waals surface area contributed by atoms with Crippen LogP contribution in [0.2, 0.25) is 0 Å². The molecule has 0 aliphatic carbocycles. The zero-order valence-corrected chi connectivity index (χ0v) is 14.8. The van der Waals surface area contributed by atoms with Crippen molar-refractivity contribution in [3.8, 4) is 0 Å². The lowest BCUT2D eigenvalue weighted by Crippen LogP contribution is -2.40. The van der Waals surface area contributed by atoms with Crippen molar-refractivity contribution < 1.29 is 27.5 Å². The third kappa shape index (κ3) is 5.03. The Kier molecular flexibility index (Phi) is 5.40. The van der Waals surface area contributed by atoms with Crippen LogP contribution in [-0.2, 0) is 12.6 Å². The van der Waals surface area contributed by atoms with Crippen molar-refractivity contribution in [1.29, 1.82) is 0 Å². The molecule has 0 radical (unpaired) electrons. The fourth-order valence-corrected chi connectivity index (χ4v) is 2.89. The van der Waals surface area contributed by atoms with E-state index in [9.17, 15) is 18.3 Å². The number of halogens is 3. The normalized spacial score (nSPS) is 13.6. The first-order valence-electron chi connectivity index (χ1n) is 7.79. The molecule has 142 valence electrons. The van der Waals surface area contributed by atoms with E-state index in [-0.39, 0.29) is 28.4 Å². The van der Waals surface area contributed by atoms with Gasteiger partial charge in [0, 0.05) is 13.3 Å². The summed E-state index contributed by atoms with van der Waals surface area (Å²) in [5.41, 5.74) is 1.12. The number of nitrogens with zero attached hydrogens (tertiary/aromatic N) is 4. The van der Waals surface area contributed by atoms with Crippen LogP contribution in [0.25, 0.3) is 0 Å². The summed E-state index contributed by atoms with van der Waals surface area (Å²) >= 11 is 0.275. The van der Waals surface area contributed by atoms with Gasteiger partial charge in [0.05, 0.1) is 12.2 Å². The minimum absolute atomic E-state index is 0.0243. The number of aliphatic imine (C=N–C) groups is 1. The van der Waals surface area contributed by atoms with Gasteiger partial charge in [-0.05, 0) is 10.2 Å². The Morgan fingerprint density at radius 1 is 1.37 bits per heavy atom. The maximum Gasteiger partial charge on any atom is 0.427 e. The second-order valence-electron chi connectivity index (χ2n) is 5.63. The van der Waals surface area contributed by atoms with Crippen LogP contribution in [0.15, 0.2) is 52.2 Å². The maximum absolute atomic E-state index is 12.5. The molecule has 0 spiro atoms. The monoisotopic (exact) mass is 397 g/mol. The number of anilines is 1. The molecule has 3 aromatic rings. The minimum atomic E-state index is -4.52. The van der Waals surface area contributed by atoms with Crippen LogP contribution in [0.1, 0.15) is 23.4 Å². The minimum Gasteiger partial charge on any atom is -0.846 e. The van der Waals surface area contributed by atoms with Crippen molar-refractivity contribution in [2.24, 2.45) is 4.99 Å². The molecular formula is C16H14F3N5O2S. The molecule has 0 amide bonds. The van der Waals surface area contributed by atoms with Crippen LogP contribution in [0.5, 0.6) is 0 Å². The van der Waals surface area contributed by atoms with Crippen molar-refractivity contribution >= 4 is 28.4 Å². The number of thiazole rings is 1. The van der Waals surface area contributed by atoms with Gasteiger partial charge < -0.3 is 10.4 Å². The van der Waals surface area contributed by atoms with Crippen LogP contribution < -0.4 is 15.1 Å². The summed E-state index contributed by atoms with van der Waals surface area (Å²) in [6, 6.07) is 8.83. The fourth-order valence-electron chi connectivity index (χ4n) is 2.24. The Morgan fingerprint density at radius 2 is 2.11 bits per heavy atom. The maximum atomic E-state index is 12.5. The van der Waals surface area contributed by atoms with Crippen molar-refractivity contribution in [3.63, 3.8) is 0 Å². The number of amidine groups is 1. The van der Waals surface area contributed by atoms with E-state index in [0.717, 1.165) is 5.56 Å². The van der Waals surface area contributed by atoms with E-state index >= 15 is 0 Å². The molecule has 2 aromatic heterocycles. The Morgan fingerprint density at radius 3 is 2.78 bits per heavy atom. The van der Waals surface area contributed by atoms with E-state index in [4.69, 9.17) is 4.52 Å². The summed E-state index contributed by atoms with van der Waals surface area (Å²) in [6.45, 7) is 1.93. The predicted octanol–water partition coefficient (Wildman–Crippen LogP) is 2.70. The lowest BCUT2D eigenvalue weighted by atomic mass is 10.1. The molecule has 1 unspecified atom stereocenters. The van der Waals surface area contributed by atoms with E-state index in [1.165, 1.54) is 10.9 Å². The molecule has 0 saturated carbocycles. The lowest BCUT2D eigenvalue weighted by Gasteiger charge is -2.07. The summed E-state index contributed by atoms with van der Waals surface area (Å²) in [7, 11) is 0. The van der Waals surface area contributed by atoms with Gasteiger partial charge in [0.15, 0.2) is 6.04 Å². The first-order chi connectivity index (χ1) is 12.8. The number of nitrogens with one attached hydrogen (secondary N) is 1. The number of rotatable bonds is 5. The molecule has 27 heavy (non-hydrogen) atoms. The predicted molar refractivity (Wildman–Crippen MR) is 89.4 cm³/mol. The molecule has 1 N–H and O–H groups in total. The standard InChI is InChI=1S/C16H14F3N5O2S/c1-10(7-11-5-3-2-4-6-11)24-9-13(26-23-24)21-14(25)22-15-20-8-12(27-15)16(17,18)19/h2-6,8-10H,7H2,1H3,(H-,20,21,22,23,25). The number of alkyl halides is 3. The largest absolute Gasteiger partial charge is 0.846 e. The van der Waals surface area contributed by atoms with Crippen molar-refractivity contribution in [3.05, 3.63) is 53.2 Å². The second-order valence-corrected chi connectivity index (χ2v) is 6.64. The molecule has 0 aliphatic rings. The average molecular weight is 397 g/mol. The Balaban J connectivity index is 1.63. The molecule has 3 rings (SSSR count). The molecule has 0 bridgehead atoms. The quantitative estimate of drug-likeness (QED) is 0.406. The first-order valence-corrected chi connectivity index (χ1v) is 8.61. The molecule has 0 saturated heterocycles. The third-order valence-electron chi connectivity index (χ3n) is 3.51. The smallest absolute Gasteiger partial charge is 0.427 e. The molecule has 1 atom stereocenters. The Hall–Kier alpha value is -2.95. The highest BCUT2D eigenvalue weighted by Crippen LogP contribution is 2.35. The zero-order valence-electron chi connectivity index (χ0n) is 14.0. The summed E-state index contributed by atoms with van der Waals surface area (Å²) in [4.78, 5) is 6.01. The van der Waals surface area contributed by atoms with Gasteiger partial charge in [-0.2, -0.15) is 13.2 Å². The van der Waals surface area contributed by atoms with Gasteiger partial charge in [-0.15, -0.1) is 0 Å². The summed E-state index contributed by atoms with van der Waals surface area (Å²) in [6.07, 6.45) is -1.71. The average Bonchev–Trinajstić information content (AvgIpc) is 3.25. The van der Waals surface area contributed by atoms with E-state index in [2.05, 4.69) is 20.6 Å².